The lowest BCUT2D eigenvalue weighted by Crippen LogP contribution is -2.40. The van der Waals surface area contributed by atoms with E-state index in [9.17, 15) is 18.7 Å². The van der Waals surface area contributed by atoms with Gasteiger partial charge in [-0.1, -0.05) is 6.07 Å². The number of nitriles is 1. The third-order valence-electron chi connectivity index (χ3n) is 3.61. The van der Waals surface area contributed by atoms with Crippen LogP contribution in [0, 0.1) is 23.0 Å². The number of carbonyl (C=O) groups is 1. The van der Waals surface area contributed by atoms with Gasteiger partial charge >= 0.3 is 0 Å². The van der Waals surface area contributed by atoms with Crippen molar-refractivity contribution in [1.82, 2.24) is 5.32 Å². The van der Waals surface area contributed by atoms with E-state index < -0.39 is 23.8 Å². The van der Waals surface area contributed by atoms with E-state index in [0.717, 1.165) is 12.1 Å². The van der Waals surface area contributed by atoms with Crippen LogP contribution in [0.2, 0.25) is 0 Å². The second-order valence-corrected chi connectivity index (χ2v) is 5.52. The Balaban J connectivity index is 1.88. The zero-order chi connectivity index (χ0) is 18.4. The van der Waals surface area contributed by atoms with Crippen LogP contribution in [0.25, 0.3) is 0 Å². The van der Waals surface area contributed by atoms with E-state index in [1.165, 1.54) is 6.07 Å². The highest BCUT2D eigenvalue weighted by Gasteiger charge is 2.19. The number of anilines is 1. The summed E-state index contributed by atoms with van der Waals surface area (Å²) in [5.74, 6) is -2.43. The standard InChI is InChI=1S/C18H17F2N3O2/c1-11(18(25)13-4-7-15(19)16(20)8-13)23-17(24)10-22-14-5-2-12(9-21)3-6-14/h2-8,11,18,22,25H,10H2,1H3,(H,23,24). The molecule has 7 heteroatoms. The molecule has 0 radical (unpaired) electrons. The maximum absolute atomic E-state index is 13.2. The monoisotopic (exact) mass is 345 g/mol. The molecule has 0 heterocycles. The Kier molecular flexibility index (Phi) is 6.03. The van der Waals surface area contributed by atoms with Gasteiger partial charge in [-0.15, -0.1) is 0 Å². The van der Waals surface area contributed by atoms with E-state index in [-0.39, 0.29) is 18.0 Å². The number of hydrogen-bond donors (Lipinski definition) is 3. The molecular weight excluding hydrogens is 328 g/mol. The Bertz CT molecular complexity index is 788. The van der Waals surface area contributed by atoms with E-state index in [4.69, 9.17) is 5.26 Å². The fraction of sp³-hybridized carbons (Fsp3) is 0.222. The summed E-state index contributed by atoms with van der Waals surface area (Å²) in [4.78, 5) is 11.9. The minimum absolute atomic E-state index is 0.0409. The molecule has 2 aromatic rings. The van der Waals surface area contributed by atoms with Gasteiger partial charge in [0.15, 0.2) is 11.6 Å². The van der Waals surface area contributed by atoms with Crippen molar-refractivity contribution in [2.75, 3.05) is 11.9 Å². The van der Waals surface area contributed by atoms with Crippen LogP contribution in [0.15, 0.2) is 42.5 Å². The number of nitrogens with zero attached hydrogens (tertiary/aromatic N) is 1. The van der Waals surface area contributed by atoms with Crippen molar-refractivity contribution in [3.8, 4) is 6.07 Å². The molecule has 5 nitrogen and oxygen atoms in total. The first kappa shape index (κ1) is 18.4. The van der Waals surface area contributed by atoms with Gasteiger partial charge in [0.2, 0.25) is 5.91 Å². The molecule has 130 valence electrons. The molecule has 2 unspecified atom stereocenters. The van der Waals surface area contributed by atoms with Crippen molar-refractivity contribution in [1.29, 1.82) is 5.26 Å². The Morgan fingerprint density at radius 1 is 1.20 bits per heavy atom. The summed E-state index contributed by atoms with van der Waals surface area (Å²) in [5, 5.41) is 24.3. The molecule has 0 aliphatic carbocycles. The van der Waals surface area contributed by atoms with E-state index in [1.54, 1.807) is 31.2 Å². The molecule has 3 N–H and O–H groups in total. The lowest BCUT2D eigenvalue weighted by Gasteiger charge is -2.21. The molecule has 2 rings (SSSR count). The van der Waals surface area contributed by atoms with Gasteiger partial charge in [-0.2, -0.15) is 5.26 Å². The number of nitrogens with one attached hydrogen (secondary N) is 2. The molecule has 0 spiro atoms. The molecule has 0 bridgehead atoms. The third kappa shape index (κ3) is 4.99. The Labute approximate surface area is 143 Å². The van der Waals surface area contributed by atoms with Crippen LogP contribution in [0.4, 0.5) is 14.5 Å². The minimum Gasteiger partial charge on any atom is -0.386 e. The van der Waals surface area contributed by atoms with Crippen molar-refractivity contribution >= 4 is 11.6 Å². The Morgan fingerprint density at radius 2 is 1.88 bits per heavy atom. The van der Waals surface area contributed by atoms with Gasteiger partial charge in [-0.25, -0.2) is 8.78 Å². The van der Waals surface area contributed by atoms with E-state index in [2.05, 4.69) is 10.6 Å². The van der Waals surface area contributed by atoms with Crippen molar-refractivity contribution in [3.63, 3.8) is 0 Å². The second-order valence-electron chi connectivity index (χ2n) is 5.52. The molecule has 0 aromatic heterocycles. The molecule has 2 atom stereocenters. The maximum Gasteiger partial charge on any atom is 0.239 e. The largest absolute Gasteiger partial charge is 0.386 e. The van der Waals surface area contributed by atoms with Crippen molar-refractivity contribution in [2.24, 2.45) is 0 Å². The fourth-order valence-corrected chi connectivity index (χ4v) is 2.21. The van der Waals surface area contributed by atoms with Gasteiger partial charge in [0.25, 0.3) is 0 Å². The number of amides is 1. The highest BCUT2D eigenvalue weighted by Crippen LogP contribution is 2.19. The number of hydrogen-bond acceptors (Lipinski definition) is 4. The Hall–Kier alpha value is -2.98. The summed E-state index contributed by atoms with van der Waals surface area (Å²) in [6.07, 6.45) is -1.17. The summed E-state index contributed by atoms with van der Waals surface area (Å²) in [6, 6.07) is 11.0. The molecule has 25 heavy (non-hydrogen) atoms. The summed E-state index contributed by atoms with van der Waals surface area (Å²) in [7, 11) is 0. The predicted octanol–water partition coefficient (Wildman–Crippen LogP) is 2.49. The topological polar surface area (TPSA) is 85.2 Å². The first-order chi connectivity index (χ1) is 11.9. The normalized spacial score (nSPS) is 12.8. The maximum atomic E-state index is 13.2. The Morgan fingerprint density at radius 3 is 2.48 bits per heavy atom. The number of aliphatic hydroxyl groups is 1. The van der Waals surface area contributed by atoms with Crippen LogP contribution < -0.4 is 10.6 Å². The van der Waals surface area contributed by atoms with Crippen molar-refractivity contribution in [2.45, 2.75) is 19.1 Å². The van der Waals surface area contributed by atoms with Crippen LogP contribution >= 0.6 is 0 Å². The van der Waals surface area contributed by atoms with Crippen LogP contribution in [0.1, 0.15) is 24.2 Å². The number of rotatable bonds is 6. The lowest BCUT2D eigenvalue weighted by molar-refractivity contribution is -0.120. The zero-order valence-corrected chi connectivity index (χ0v) is 13.5. The van der Waals surface area contributed by atoms with Gasteiger partial charge in [0.05, 0.1) is 30.3 Å². The van der Waals surface area contributed by atoms with Crippen LogP contribution in [0.5, 0.6) is 0 Å². The summed E-state index contributed by atoms with van der Waals surface area (Å²) in [5.41, 5.74) is 1.35. The van der Waals surface area contributed by atoms with Crippen molar-refractivity contribution in [3.05, 3.63) is 65.2 Å². The number of carbonyl (C=O) groups excluding carboxylic acids is 1. The van der Waals surface area contributed by atoms with E-state index >= 15 is 0 Å². The molecule has 2 aromatic carbocycles. The highest BCUT2D eigenvalue weighted by atomic mass is 19.2. The van der Waals surface area contributed by atoms with Crippen molar-refractivity contribution < 1.29 is 18.7 Å². The number of aliphatic hydroxyl groups excluding tert-OH is 1. The minimum atomic E-state index is -1.17. The molecule has 0 saturated carbocycles. The van der Waals surface area contributed by atoms with Gasteiger partial charge in [0, 0.05) is 5.69 Å². The molecule has 0 aliphatic rings. The van der Waals surface area contributed by atoms with E-state index in [0.29, 0.717) is 11.3 Å². The van der Waals surface area contributed by atoms with Gasteiger partial charge in [-0.3, -0.25) is 4.79 Å². The second kappa shape index (κ2) is 8.22. The highest BCUT2D eigenvalue weighted by molar-refractivity contribution is 5.81. The first-order valence-corrected chi connectivity index (χ1v) is 7.57. The lowest BCUT2D eigenvalue weighted by atomic mass is 10.0. The number of benzene rings is 2. The van der Waals surface area contributed by atoms with Gasteiger partial charge < -0.3 is 15.7 Å². The molecule has 0 fully saturated rings. The smallest absolute Gasteiger partial charge is 0.239 e. The zero-order valence-electron chi connectivity index (χ0n) is 13.5. The quantitative estimate of drug-likeness (QED) is 0.751. The molecular formula is C18H17F2N3O2. The van der Waals surface area contributed by atoms with Crippen LogP contribution in [-0.4, -0.2) is 23.6 Å². The summed E-state index contributed by atoms with van der Waals surface area (Å²) < 4.78 is 26.2. The average Bonchev–Trinajstić information content (AvgIpc) is 2.62. The summed E-state index contributed by atoms with van der Waals surface area (Å²) in [6.45, 7) is 1.52. The van der Waals surface area contributed by atoms with Crippen LogP contribution in [-0.2, 0) is 4.79 Å². The molecule has 1 amide bonds. The first-order valence-electron chi connectivity index (χ1n) is 7.57. The van der Waals surface area contributed by atoms with Crippen LogP contribution in [0.3, 0.4) is 0 Å². The van der Waals surface area contributed by atoms with Gasteiger partial charge in [-0.05, 0) is 48.9 Å². The predicted molar refractivity (Wildman–Crippen MR) is 88.6 cm³/mol. The molecule has 0 aliphatic heterocycles. The summed E-state index contributed by atoms with van der Waals surface area (Å²) >= 11 is 0. The van der Waals surface area contributed by atoms with E-state index in [1.807, 2.05) is 6.07 Å². The fourth-order valence-electron chi connectivity index (χ4n) is 2.21. The van der Waals surface area contributed by atoms with Gasteiger partial charge in [0.1, 0.15) is 0 Å². The number of halogens is 2. The molecule has 0 saturated heterocycles. The SMILES string of the molecule is CC(NC(=O)CNc1ccc(C#N)cc1)C(O)c1ccc(F)c(F)c1. The third-order valence-corrected chi connectivity index (χ3v) is 3.61. The average molecular weight is 345 g/mol.